The van der Waals surface area contributed by atoms with E-state index in [9.17, 15) is 35.1 Å². The van der Waals surface area contributed by atoms with Crippen LogP contribution >= 0.6 is 0 Å². The Kier molecular flexibility index (Phi) is 6.61. The molecule has 0 spiro atoms. The number of Topliss-reactive ketones (excluding diaryl/α,β-unsaturated/α-hetero) is 1. The van der Waals surface area contributed by atoms with Crippen LogP contribution in [0.5, 0.6) is 0 Å². The molecule has 5 N–H and O–H groups in total. The summed E-state index contributed by atoms with van der Waals surface area (Å²) in [4.78, 5) is 25.9. The van der Waals surface area contributed by atoms with Gasteiger partial charge in [0.2, 0.25) is 0 Å². The van der Waals surface area contributed by atoms with Crippen LogP contribution in [-0.2, 0) is 14.3 Å². The number of halogens is 1. The minimum absolute atomic E-state index is 0.0160. The highest BCUT2D eigenvalue weighted by Gasteiger charge is 2.68. The monoisotopic (exact) mass is 522 g/mol. The number of hydrogen-bond acceptors (Lipinski definition) is 8. The van der Waals surface area contributed by atoms with Crippen molar-refractivity contribution in [2.75, 3.05) is 13.2 Å². The Morgan fingerprint density at radius 2 is 1.81 bits per heavy atom. The van der Waals surface area contributed by atoms with Crippen LogP contribution in [0, 0.1) is 34.5 Å². The van der Waals surface area contributed by atoms with Crippen LogP contribution in [0.25, 0.3) is 0 Å². The Balaban J connectivity index is 1.53. The molecular formula is C28H39FO8. The first-order chi connectivity index (χ1) is 17.3. The fraction of sp³-hybridized carbons (Fsp3) is 0.786. The molecule has 1 saturated heterocycles. The first-order valence-corrected chi connectivity index (χ1v) is 13.4. The summed E-state index contributed by atoms with van der Waals surface area (Å²) < 4.78 is 23.2. The van der Waals surface area contributed by atoms with E-state index < -0.39 is 66.0 Å². The lowest BCUT2D eigenvalue weighted by Gasteiger charge is -2.60. The zero-order valence-corrected chi connectivity index (χ0v) is 21.6. The highest BCUT2D eigenvalue weighted by atomic mass is 19.1. The van der Waals surface area contributed by atoms with Crippen LogP contribution in [0.4, 0.5) is 4.39 Å². The van der Waals surface area contributed by atoms with Crippen molar-refractivity contribution in [2.45, 2.75) is 89.1 Å². The molecule has 0 aromatic rings. The van der Waals surface area contributed by atoms with Gasteiger partial charge < -0.3 is 30.3 Å². The van der Waals surface area contributed by atoms with Crippen LogP contribution < -0.4 is 0 Å². The molecule has 9 heteroatoms. The van der Waals surface area contributed by atoms with E-state index in [1.807, 2.05) is 6.92 Å². The average Bonchev–Trinajstić information content (AvgIpc) is 3.13. The smallest absolute Gasteiger partial charge is 0.184 e. The number of ketones is 2. The van der Waals surface area contributed by atoms with Crippen LogP contribution in [0.1, 0.15) is 52.9 Å². The summed E-state index contributed by atoms with van der Waals surface area (Å²) in [6.45, 7) is 4.71. The van der Waals surface area contributed by atoms with Crippen molar-refractivity contribution in [2.24, 2.45) is 34.5 Å². The van der Waals surface area contributed by atoms with Crippen LogP contribution in [0.15, 0.2) is 23.3 Å². The molecule has 3 saturated carbocycles. The van der Waals surface area contributed by atoms with Gasteiger partial charge in [-0.25, -0.2) is 4.39 Å². The van der Waals surface area contributed by atoms with E-state index in [0.717, 1.165) is 0 Å². The first-order valence-electron chi connectivity index (χ1n) is 13.4. The second-order valence-corrected chi connectivity index (χ2v) is 12.5. The largest absolute Gasteiger partial charge is 0.394 e. The molecule has 0 radical (unpaired) electrons. The maximum absolute atomic E-state index is 17.6. The third-order valence-electron chi connectivity index (χ3n) is 10.8. The number of hydrogen-bond donors (Lipinski definition) is 5. The van der Waals surface area contributed by atoms with Crippen molar-refractivity contribution >= 4 is 11.6 Å². The molecule has 0 aromatic heterocycles. The molecule has 3 unspecified atom stereocenters. The predicted molar refractivity (Wildman–Crippen MR) is 130 cm³/mol. The summed E-state index contributed by atoms with van der Waals surface area (Å²) in [5.41, 5.74) is -2.59. The van der Waals surface area contributed by atoms with Crippen LogP contribution in [0.3, 0.4) is 0 Å². The number of fused-ring (bicyclic) bond motifs is 5. The minimum atomic E-state index is -1.71. The molecule has 0 aromatic carbocycles. The summed E-state index contributed by atoms with van der Waals surface area (Å²) >= 11 is 0. The SMILES string of the molecule is CC1C[C@H]2[C@@H]3CCC4=CC(=O)C(C5O[C@H](CO)[C@H](O)[C@H](O)[C@H]5O)=C[C@]4(C)C3(F)CC[C@]2(C)[C@H]1C(=O)CO. The van der Waals surface area contributed by atoms with Gasteiger partial charge in [0, 0.05) is 16.9 Å². The highest BCUT2D eigenvalue weighted by Crippen LogP contribution is 2.70. The molecule has 206 valence electrons. The van der Waals surface area contributed by atoms with Gasteiger partial charge in [0.1, 0.15) is 42.8 Å². The number of aliphatic hydroxyl groups is 5. The third kappa shape index (κ3) is 3.61. The zero-order valence-electron chi connectivity index (χ0n) is 21.6. The van der Waals surface area contributed by atoms with Gasteiger partial charge in [-0.2, -0.15) is 0 Å². The lowest BCUT2D eigenvalue weighted by molar-refractivity contribution is -0.219. The molecule has 4 fully saturated rings. The van der Waals surface area contributed by atoms with Gasteiger partial charge in [-0.3, -0.25) is 9.59 Å². The molecule has 12 atom stereocenters. The molecule has 1 aliphatic heterocycles. The maximum atomic E-state index is 17.6. The topological polar surface area (TPSA) is 145 Å². The number of aliphatic hydroxyl groups excluding tert-OH is 5. The number of allylic oxidation sites excluding steroid dienone is 3. The van der Waals surface area contributed by atoms with E-state index in [1.165, 1.54) is 6.08 Å². The number of rotatable bonds is 4. The van der Waals surface area contributed by atoms with E-state index in [4.69, 9.17) is 4.74 Å². The number of carbonyl (C=O) groups excluding carboxylic acids is 2. The summed E-state index contributed by atoms with van der Waals surface area (Å²) in [6.07, 6.45) is -1.90. The van der Waals surface area contributed by atoms with Crippen molar-refractivity contribution in [1.29, 1.82) is 0 Å². The zero-order chi connectivity index (χ0) is 27.1. The number of carbonyl (C=O) groups is 2. The van der Waals surface area contributed by atoms with Gasteiger partial charge in [0.05, 0.1) is 6.61 Å². The van der Waals surface area contributed by atoms with Crippen LogP contribution in [-0.4, -0.2) is 86.5 Å². The summed E-state index contributed by atoms with van der Waals surface area (Å²) in [5, 5.41) is 50.4. The minimum Gasteiger partial charge on any atom is -0.394 e. The Bertz CT molecular complexity index is 1040. The molecule has 8 nitrogen and oxygen atoms in total. The quantitative estimate of drug-likeness (QED) is 0.368. The van der Waals surface area contributed by atoms with Crippen molar-refractivity contribution in [3.05, 3.63) is 23.3 Å². The number of ether oxygens (including phenoxy) is 1. The first kappa shape index (κ1) is 27.1. The molecule has 1 heterocycles. The van der Waals surface area contributed by atoms with E-state index >= 15 is 4.39 Å². The molecule has 5 aliphatic rings. The van der Waals surface area contributed by atoms with Crippen molar-refractivity contribution in [3.8, 4) is 0 Å². The van der Waals surface area contributed by atoms with E-state index in [0.29, 0.717) is 31.3 Å². The highest BCUT2D eigenvalue weighted by molar-refractivity contribution is 6.07. The Morgan fingerprint density at radius 3 is 2.46 bits per heavy atom. The normalized spacial score (nSPS) is 51.5. The maximum Gasteiger partial charge on any atom is 0.184 e. The Hall–Kier alpha value is -1.49. The van der Waals surface area contributed by atoms with Crippen molar-refractivity contribution < 1.29 is 44.2 Å². The molecule has 4 aliphatic carbocycles. The second kappa shape index (κ2) is 9.03. The molecule has 0 bridgehead atoms. The van der Waals surface area contributed by atoms with Crippen molar-refractivity contribution in [3.63, 3.8) is 0 Å². The fourth-order valence-electron chi connectivity index (χ4n) is 8.94. The molecular weight excluding hydrogens is 483 g/mol. The predicted octanol–water partition coefficient (Wildman–Crippen LogP) is 1.02. The van der Waals surface area contributed by atoms with Gasteiger partial charge in [-0.1, -0.05) is 25.5 Å². The van der Waals surface area contributed by atoms with E-state index in [-0.39, 0.29) is 41.4 Å². The number of alkyl halides is 1. The lowest BCUT2D eigenvalue weighted by Crippen LogP contribution is -2.62. The van der Waals surface area contributed by atoms with E-state index in [2.05, 4.69) is 6.92 Å². The third-order valence-corrected chi connectivity index (χ3v) is 10.8. The average molecular weight is 523 g/mol. The Labute approximate surface area is 216 Å². The van der Waals surface area contributed by atoms with Crippen molar-refractivity contribution in [1.82, 2.24) is 0 Å². The van der Waals surface area contributed by atoms with Crippen LogP contribution in [0.2, 0.25) is 0 Å². The molecule has 5 rings (SSSR count). The van der Waals surface area contributed by atoms with Gasteiger partial charge in [-0.15, -0.1) is 0 Å². The van der Waals surface area contributed by atoms with Gasteiger partial charge in [-0.05, 0) is 68.3 Å². The second-order valence-electron chi connectivity index (χ2n) is 12.5. The summed E-state index contributed by atoms with van der Waals surface area (Å²) in [6, 6.07) is 0. The summed E-state index contributed by atoms with van der Waals surface area (Å²) in [7, 11) is 0. The molecule has 0 amide bonds. The van der Waals surface area contributed by atoms with Gasteiger partial charge >= 0.3 is 0 Å². The lowest BCUT2D eigenvalue weighted by atomic mass is 9.45. The Morgan fingerprint density at radius 1 is 1.11 bits per heavy atom. The summed E-state index contributed by atoms with van der Waals surface area (Å²) in [5.74, 6) is -1.31. The van der Waals surface area contributed by atoms with Gasteiger partial charge in [0.25, 0.3) is 0 Å². The standard InChI is InChI=1S/C28H39FO8/c1-13-8-17-16-5-4-14-9-18(32)15(25-24(36)23(35)22(34)20(12-31)37-25)10-27(14,3)28(16,29)7-6-26(17,2)21(13)19(33)11-30/h9-10,13,16-17,20-25,30-31,34-36H,4-8,11-12H2,1-3H3/t13?,16-,17-,20+,21+,22-,23-,24+,25?,26-,27-,28?/m0/s1. The fourth-order valence-corrected chi connectivity index (χ4v) is 8.94. The van der Waals surface area contributed by atoms with E-state index in [1.54, 1.807) is 13.0 Å². The molecule has 37 heavy (non-hydrogen) atoms. The van der Waals surface area contributed by atoms with Gasteiger partial charge in [0.15, 0.2) is 11.6 Å².